The molecule has 0 radical (unpaired) electrons. The molecule has 120 valence electrons. The Bertz CT molecular complexity index is 697. The number of Topliss-reactive ketones (excluding diaryl/α,β-unsaturated/α-hetero) is 1. The van der Waals surface area contributed by atoms with Crippen LogP contribution in [0, 0.1) is 0 Å². The van der Waals surface area contributed by atoms with Crippen LogP contribution in [0.2, 0.25) is 0 Å². The summed E-state index contributed by atoms with van der Waals surface area (Å²) in [5, 5.41) is 5.00. The van der Waals surface area contributed by atoms with Gasteiger partial charge in [-0.05, 0) is 30.5 Å². The minimum absolute atomic E-state index is 0.0304. The molecular formula is C18H21N2O2S+. The lowest BCUT2D eigenvalue weighted by Gasteiger charge is -2.20. The average Bonchev–Trinajstić information content (AvgIpc) is 3.18. The Morgan fingerprint density at radius 3 is 2.83 bits per heavy atom. The van der Waals surface area contributed by atoms with Crippen molar-refractivity contribution in [2.75, 3.05) is 18.4 Å². The Balaban J connectivity index is 1.67. The van der Waals surface area contributed by atoms with Crippen LogP contribution < -0.4 is 10.2 Å². The van der Waals surface area contributed by atoms with Gasteiger partial charge in [-0.3, -0.25) is 9.59 Å². The first-order valence-corrected chi connectivity index (χ1v) is 8.81. The second-order valence-corrected chi connectivity index (χ2v) is 6.92. The number of thiophene rings is 1. The summed E-state index contributed by atoms with van der Waals surface area (Å²) >= 11 is 1.76. The van der Waals surface area contributed by atoms with E-state index in [-0.39, 0.29) is 11.7 Å². The predicted molar refractivity (Wildman–Crippen MR) is 92.1 cm³/mol. The van der Waals surface area contributed by atoms with Gasteiger partial charge in [0, 0.05) is 18.4 Å². The van der Waals surface area contributed by atoms with Gasteiger partial charge in [-0.2, -0.15) is 0 Å². The number of para-hydroxylation sites is 1. The molecule has 1 aromatic carbocycles. The number of ketones is 1. The van der Waals surface area contributed by atoms with Gasteiger partial charge in [0.15, 0.2) is 12.3 Å². The summed E-state index contributed by atoms with van der Waals surface area (Å²) in [6, 6.07) is 11.8. The molecule has 1 saturated heterocycles. The number of anilines is 1. The molecule has 1 unspecified atom stereocenters. The van der Waals surface area contributed by atoms with E-state index >= 15 is 0 Å². The van der Waals surface area contributed by atoms with Crippen LogP contribution in [0.25, 0.3) is 0 Å². The fraction of sp³-hybridized carbons (Fsp3) is 0.333. The lowest BCUT2D eigenvalue weighted by atomic mass is 10.1. The van der Waals surface area contributed by atoms with Gasteiger partial charge >= 0.3 is 0 Å². The third-order valence-electron chi connectivity index (χ3n) is 4.34. The average molecular weight is 329 g/mol. The zero-order valence-electron chi connectivity index (χ0n) is 13.2. The standard InChI is InChI=1S/C18H20N2O2S/c1-13(21)14-6-2-3-7-15(14)19-18(22)12-20-10-4-8-16(20)17-9-5-11-23-17/h2-3,5-7,9,11,16H,4,8,10,12H2,1H3,(H,19,22)/p+1/t16-/m1/s1. The number of benzene rings is 1. The van der Waals surface area contributed by atoms with E-state index in [1.165, 1.54) is 16.7 Å². The van der Waals surface area contributed by atoms with Crippen molar-refractivity contribution >= 4 is 28.7 Å². The van der Waals surface area contributed by atoms with E-state index < -0.39 is 0 Å². The third-order valence-corrected chi connectivity index (χ3v) is 5.32. The molecule has 1 amide bonds. The number of amides is 1. The monoisotopic (exact) mass is 329 g/mol. The van der Waals surface area contributed by atoms with Crippen LogP contribution in [0.1, 0.15) is 41.0 Å². The Kier molecular flexibility index (Phi) is 4.88. The van der Waals surface area contributed by atoms with Crippen molar-refractivity contribution in [3.8, 4) is 0 Å². The summed E-state index contributed by atoms with van der Waals surface area (Å²) in [5.41, 5.74) is 1.17. The summed E-state index contributed by atoms with van der Waals surface area (Å²) in [5.74, 6) is -0.0666. The van der Waals surface area contributed by atoms with E-state index in [1.54, 1.807) is 23.5 Å². The van der Waals surface area contributed by atoms with Crippen molar-refractivity contribution in [2.45, 2.75) is 25.8 Å². The molecule has 1 aliphatic heterocycles. The minimum atomic E-state index is -0.0362. The summed E-state index contributed by atoms with van der Waals surface area (Å²) in [7, 11) is 0. The quantitative estimate of drug-likeness (QED) is 0.827. The molecule has 0 bridgehead atoms. The highest BCUT2D eigenvalue weighted by Gasteiger charge is 2.32. The van der Waals surface area contributed by atoms with Crippen LogP contribution in [-0.2, 0) is 4.79 Å². The fourth-order valence-corrected chi connectivity index (χ4v) is 4.18. The first-order chi connectivity index (χ1) is 11.1. The highest BCUT2D eigenvalue weighted by molar-refractivity contribution is 7.10. The van der Waals surface area contributed by atoms with Crippen molar-refractivity contribution in [3.63, 3.8) is 0 Å². The maximum absolute atomic E-state index is 12.4. The number of carbonyl (C=O) groups is 2. The van der Waals surface area contributed by atoms with Crippen LogP contribution in [0.3, 0.4) is 0 Å². The van der Waals surface area contributed by atoms with E-state index in [0.717, 1.165) is 19.4 Å². The van der Waals surface area contributed by atoms with Crippen LogP contribution in [0.4, 0.5) is 5.69 Å². The van der Waals surface area contributed by atoms with Crippen molar-refractivity contribution < 1.29 is 14.5 Å². The van der Waals surface area contributed by atoms with E-state index in [9.17, 15) is 9.59 Å². The van der Waals surface area contributed by atoms with Crippen LogP contribution in [0.15, 0.2) is 41.8 Å². The number of quaternary nitrogens is 1. The van der Waals surface area contributed by atoms with Crippen LogP contribution in [0.5, 0.6) is 0 Å². The molecule has 2 atom stereocenters. The van der Waals surface area contributed by atoms with Crippen molar-refractivity contribution in [1.29, 1.82) is 0 Å². The van der Waals surface area contributed by atoms with Gasteiger partial charge in [0.25, 0.3) is 5.91 Å². The molecular weight excluding hydrogens is 308 g/mol. The Morgan fingerprint density at radius 1 is 1.26 bits per heavy atom. The molecule has 1 aliphatic rings. The number of hydrogen-bond donors (Lipinski definition) is 2. The number of hydrogen-bond acceptors (Lipinski definition) is 3. The Morgan fingerprint density at radius 2 is 2.09 bits per heavy atom. The van der Waals surface area contributed by atoms with E-state index in [0.29, 0.717) is 23.8 Å². The van der Waals surface area contributed by atoms with E-state index in [1.807, 2.05) is 12.1 Å². The molecule has 5 heteroatoms. The zero-order valence-corrected chi connectivity index (χ0v) is 14.0. The highest BCUT2D eigenvalue weighted by Crippen LogP contribution is 2.23. The van der Waals surface area contributed by atoms with E-state index in [4.69, 9.17) is 0 Å². The molecule has 23 heavy (non-hydrogen) atoms. The number of nitrogens with one attached hydrogen (secondary N) is 2. The summed E-state index contributed by atoms with van der Waals surface area (Å²) in [6.45, 7) is 2.97. The first-order valence-electron chi connectivity index (χ1n) is 7.93. The van der Waals surface area contributed by atoms with Crippen molar-refractivity contribution in [2.24, 2.45) is 0 Å². The topological polar surface area (TPSA) is 50.6 Å². The van der Waals surface area contributed by atoms with Gasteiger partial charge in [0.2, 0.25) is 0 Å². The molecule has 1 fully saturated rings. The van der Waals surface area contributed by atoms with Crippen molar-refractivity contribution in [3.05, 3.63) is 52.2 Å². The molecule has 0 spiro atoms. The second-order valence-electron chi connectivity index (χ2n) is 5.95. The molecule has 0 saturated carbocycles. The number of rotatable bonds is 5. The maximum Gasteiger partial charge on any atom is 0.279 e. The second kappa shape index (κ2) is 7.06. The largest absolute Gasteiger partial charge is 0.320 e. The molecule has 3 rings (SSSR count). The maximum atomic E-state index is 12.4. The summed E-state index contributed by atoms with van der Waals surface area (Å²) in [6.07, 6.45) is 2.28. The van der Waals surface area contributed by atoms with Gasteiger partial charge < -0.3 is 10.2 Å². The smallest absolute Gasteiger partial charge is 0.279 e. The van der Waals surface area contributed by atoms with Gasteiger partial charge in [-0.1, -0.05) is 18.2 Å². The van der Waals surface area contributed by atoms with E-state index in [2.05, 4.69) is 22.8 Å². The third kappa shape index (κ3) is 3.68. The van der Waals surface area contributed by atoms with Crippen LogP contribution >= 0.6 is 11.3 Å². The Hall–Kier alpha value is -1.98. The van der Waals surface area contributed by atoms with Gasteiger partial charge in [0.1, 0.15) is 6.04 Å². The summed E-state index contributed by atoms with van der Waals surface area (Å²) < 4.78 is 0. The molecule has 1 aromatic heterocycles. The van der Waals surface area contributed by atoms with Crippen LogP contribution in [-0.4, -0.2) is 24.8 Å². The van der Waals surface area contributed by atoms with Gasteiger partial charge in [0.05, 0.1) is 17.1 Å². The Labute approximate surface area is 140 Å². The molecule has 0 aliphatic carbocycles. The lowest BCUT2D eigenvalue weighted by molar-refractivity contribution is -0.910. The molecule has 4 nitrogen and oxygen atoms in total. The normalized spacial score (nSPS) is 20.4. The SMILES string of the molecule is CC(=O)c1ccccc1NC(=O)C[NH+]1CCC[C@@H]1c1cccs1. The first kappa shape index (κ1) is 15.9. The van der Waals surface area contributed by atoms with Crippen molar-refractivity contribution in [1.82, 2.24) is 0 Å². The highest BCUT2D eigenvalue weighted by atomic mass is 32.1. The zero-order chi connectivity index (χ0) is 16.2. The molecule has 2 heterocycles. The summed E-state index contributed by atoms with van der Waals surface area (Å²) in [4.78, 5) is 26.7. The fourth-order valence-electron chi connectivity index (χ4n) is 3.26. The number of carbonyl (C=O) groups excluding carboxylic acids is 2. The number of likely N-dealkylation sites (tertiary alicyclic amines) is 1. The van der Waals surface area contributed by atoms with Gasteiger partial charge in [-0.15, -0.1) is 11.3 Å². The van der Waals surface area contributed by atoms with Gasteiger partial charge in [-0.25, -0.2) is 0 Å². The lowest BCUT2D eigenvalue weighted by Crippen LogP contribution is -3.11. The predicted octanol–water partition coefficient (Wildman–Crippen LogP) is 2.31. The molecule has 2 N–H and O–H groups in total. The molecule has 2 aromatic rings. The minimum Gasteiger partial charge on any atom is -0.320 e.